The zero-order valence-corrected chi connectivity index (χ0v) is 14.6. The normalized spacial score (nSPS) is 12.4. The molecule has 0 fully saturated rings. The van der Waals surface area contributed by atoms with Crippen molar-refractivity contribution >= 4 is 50.7 Å². The highest BCUT2D eigenvalue weighted by Crippen LogP contribution is 2.28. The molecule has 1 atom stereocenters. The molecule has 0 saturated heterocycles. The largest absolute Gasteiger partial charge is 0.126 e. The first-order valence-corrected chi connectivity index (χ1v) is 8.41. The Hall–Kier alpha value is -0.210. The summed E-state index contributed by atoms with van der Waals surface area (Å²) in [6, 6.07) is 14.0. The van der Waals surface area contributed by atoms with Gasteiger partial charge in [0.15, 0.2) is 0 Å². The molecule has 0 aliphatic rings. The van der Waals surface area contributed by atoms with E-state index in [0.29, 0.717) is 21.8 Å². The summed E-state index contributed by atoms with van der Waals surface area (Å²) in [6.45, 7) is 0. The van der Waals surface area contributed by atoms with Gasteiger partial charge in [-0.1, -0.05) is 63.4 Å². The Balaban J connectivity index is 2.11. The van der Waals surface area contributed by atoms with E-state index in [1.54, 1.807) is 6.07 Å². The summed E-state index contributed by atoms with van der Waals surface area (Å²) in [5.74, 6) is 0.928. The third-order valence-electron chi connectivity index (χ3n) is 3.17. The molecular weight excluding hydrogens is 378 g/mol. The van der Waals surface area contributed by atoms with Gasteiger partial charge in [0.25, 0.3) is 0 Å². The van der Waals surface area contributed by atoms with Crippen molar-refractivity contribution in [1.29, 1.82) is 0 Å². The maximum atomic E-state index is 6.24. The van der Waals surface area contributed by atoms with Crippen LogP contribution in [0.15, 0.2) is 46.9 Å². The van der Waals surface area contributed by atoms with Crippen LogP contribution in [0, 0.1) is 5.92 Å². The lowest BCUT2D eigenvalue weighted by atomic mass is 9.94. The number of rotatable bonds is 5. The number of hydrogen-bond acceptors (Lipinski definition) is 0. The van der Waals surface area contributed by atoms with Gasteiger partial charge >= 0.3 is 0 Å². The lowest BCUT2D eigenvalue weighted by Gasteiger charge is -2.15. The smallest absolute Gasteiger partial charge is 0.0624 e. The Labute approximate surface area is 143 Å². The fraction of sp³-hybridized carbons (Fsp3) is 0.250. The van der Waals surface area contributed by atoms with Gasteiger partial charge in [0.2, 0.25) is 0 Å². The van der Waals surface area contributed by atoms with Crippen LogP contribution in [0.1, 0.15) is 11.1 Å². The van der Waals surface area contributed by atoms with Crippen LogP contribution >= 0.6 is 50.7 Å². The maximum absolute atomic E-state index is 6.24. The van der Waals surface area contributed by atoms with Crippen molar-refractivity contribution in [3.05, 3.63) is 68.1 Å². The molecule has 106 valence electrons. The molecule has 0 aliphatic carbocycles. The quantitative estimate of drug-likeness (QED) is 0.517. The molecule has 1 unspecified atom stereocenters. The second-order valence-corrected chi connectivity index (χ2v) is 6.78. The minimum atomic E-state index is 0.335. The summed E-state index contributed by atoms with van der Waals surface area (Å²) >= 11 is 21.9. The number of alkyl halides is 1. The summed E-state index contributed by atoms with van der Waals surface area (Å²) in [6.07, 6.45) is 1.75. The molecule has 4 heteroatoms. The minimum Gasteiger partial charge on any atom is -0.126 e. The predicted octanol–water partition coefficient (Wildman–Crippen LogP) is 6.40. The van der Waals surface area contributed by atoms with Gasteiger partial charge in [0.05, 0.1) is 10.0 Å². The third kappa shape index (κ3) is 4.39. The van der Waals surface area contributed by atoms with Crippen LogP contribution in [0.4, 0.5) is 0 Å². The zero-order chi connectivity index (χ0) is 14.5. The fourth-order valence-electron chi connectivity index (χ4n) is 2.20. The number of hydrogen-bond donors (Lipinski definition) is 0. The first-order chi connectivity index (χ1) is 9.60. The van der Waals surface area contributed by atoms with Gasteiger partial charge in [-0.25, -0.2) is 0 Å². The van der Waals surface area contributed by atoms with Crippen LogP contribution in [0.5, 0.6) is 0 Å². The van der Waals surface area contributed by atoms with Crippen molar-refractivity contribution in [1.82, 2.24) is 0 Å². The highest BCUT2D eigenvalue weighted by atomic mass is 79.9. The van der Waals surface area contributed by atoms with E-state index in [2.05, 4.69) is 28.1 Å². The van der Waals surface area contributed by atoms with Crippen LogP contribution < -0.4 is 0 Å². The number of benzene rings is 2. The van der Waals surface area contributed by atoms with Crippen molar-refractivity contribution in [2.24, 2.45) is 5.92 Å². The molecule has 0 nitrogen and oxygen atoms in total. The topological polar surface area (TPSA) is 0 Å². The van der Waals surface area contributed by atoms with Gasteiger partial charge in [-0.3, -0.25) is 0 Å². The van der Waals surface area contributed by atoms with Crippen LogP contribution in [0.25, 0.3) is 0 Å². The summed E-state index contributed by atoms with van der Waals surface area (Å²) in [4.78, 5) is 0. The first-order valence-electron chi connectivity index (χ1n) is 6.33. The minimum absolute atomic E-state index is 0.335. The summed E-state index contributed by atoms with van der Waals surface area (Å²) in [7, 11) is 0. The SMILES string of the molecule is ClCC(Cc1cccc(Br)c1)Cc1cccc(Cl)c1Cl. The van der Waals surface area contributed by atoms with E-state index >= 15 is 0 Å². The fourth-order valence-corrected chi connectivity index (χ4v) is 3.26. The predicted molar refractivity (Wildman–Crippen MR) is 92.2 cm³/mol. The standard InChI is InChI=1S/C16H14BrCl3/c17-14-5-1-3-11(9-14)7-12(10-18)8-13-4-2-6-15(19)16(13)20/h1-6,9,12H,7-8,10H2. The first kappa shape index (κ1) is 16.2. The molecular formula is C16H14BrCl3. The highest BCUT2D eigenvalue weighted by Gasteiger charge is 2.13. The molecule has 0 spiro atoms. The monoisotopic (exact) mass is 390 g/mol. The molecule has 0 saturated carbocycles. The molecule has 0 aliphatic heterocycles. The van der Waals surface area contributed by atoms with Gasteiger partial charge < -0.3 is 0 Å². The van der Waals surface area contributed by atoms with Gasteiger partial charge in [-0.05, 0) is 48.1 Å². The molecule has 0 amide bonds. The molecule has 2 rings (SSSR count). The van der Waals surface area contributed by atoms with Gasteiger partial charge in [0.1, 0.15) is 0 Å². The summed E-state index contributed by atoms with van der Waals surface area (Å²) in [5.41, 5.74) is 2.32. The van der Waals surface area contributed by atoms with E-state index in [0.717, 1.165) is 22.9 Å². The van der Waals surface area contributed by atoms with E-state index in [1.807, 2.05) is 24.3 Å². The van der Waals surface area contributed by atoms with E-state index < -0.39 is 0 Å². The molecule has 2 aromatic carbocycles. The van der Waals surface area contributed by atoms with Crippen LogP contribution in [-0.2, 0) is 12.8 Å². The second kappa shape index (κ2) is 7.70. The van der Waals surface area contributed by atoms with E-state index in [9.17, 15) is 0 Å². The van der Waals surface area contributed by atoms with E-state index in [1.165, 1.54) is 5.56 Å². The van der Waals surface area contributed by atoms with Crippen LogP contribution in [0.3, 0.4) is 0 Å². The van der Waals surface area contributed by atoms with Crippen molar-refractivity contribution in [2.75, 3.05) is 5.88 Å². The summed E-state index contributed by atoms with van der Waals surface area (Å²) in [5, 5.41) is 1.23. The molecule has 0 bridgehead atoms. The lowest BCUT2D eigenvalue weighted by Crippen LogP contribution is -2.10. The Morgan fingerprint density at radius 3 is 2.45 bits per heavy atom. The van der Waals surface area contributed by atoms with Crippen molar-refractivity contribution < 1.29 is 0 Å². The molecule has 0 N–H and O–H groups in total. The maximum Gasteiger partial charge on any atom is 0.0624 e. The molecule has 0 aromatic heterocycles. The average molecular weight is 393 g/mol. The van der Waals surface area contributed by atoms with Crippen molar-refractivity contribution in [3.63, 3.8) is 0 Å². The second-order valence-electron chi connectivity index (χ2n) is 4.77. The Morgan fingerprint density at radius 1 is 1.00 bits per heavy atom. The Kier molecular flexibility index (Phi) is 6.22. The van der Waals surface area contributed by atoms with E-state index in [-0.39, 0.29) is 0 Å². The van der Waals surface area contributed by atoms with Crippen LogP contribution in [-0.4, -0.2) is 5.88 Å². The Morgan fingerprint density at radius 2 is 1.75 bits per heavy atom. The van der Waals surface area contributed by atoms with Crippen molar-refractivity contribution in [2.45, 2.75) is 12.8 Å². The zero-order valence-electron chi connectivity index (χ0n) is 10.8. The third-order valence-corrected chi connectivity index (χ3v) is 4.96. The van der Waals surface area contributed by atoms with Gasteiger partial charge in [-0.2, -0.15) is 0 Å². The summed E-state index contributed by atoms with van der Waals surface area (Å²) < 4.78 is 1.09. The Bertz CT molecular complexity index is 584. The van der Waals surface area contributed by atoms with Gasteiger partial charge in [-0.15, -0.1) is 11.6 Å². The molecule has 2 aromatic rings. The van der Waals surface area contributed by atoms with Gasteiger partial charge in [0, 0.05) is 10.4 Å². The lowest BCUT2D eigenvalue weighted by molar-refractivity contribution is 0.584. The number of halogens is 4. The molecule has 0 radical (unpaired) electrons. The average Bonchev–Trinajstić information content (AvgIpc) is 2.43. The molecule has 20 heavy (non-hydrogen) atoms. The van der Waals surface area contributed by atoms with Crippen LogP contribution in [0.2, 0.25) is 10.0 Å². The highest BCUT2D eigenvalue weighted by molar-refractivity contribution is 9.10. The van der Waals surface area contributed by atoms with E-state index in [4.69, 9.17) is 34.8 Å². The molecule has 0 heterocycles. The van der Waals surface area contributed by atoms with Crippen molar-refractivity contribution in [3.8, 4) is 0 Å².